The molecule has 32 heavy (non-hydrogen) atoms. The first-order valence-corrected chi connectivity index (χ1v) is 10.0. The first-order chi connectivity index (χ1) is 15.1. The van der Waals surface area contributed by atoms with Gasteiger partial charge in [-0.05, 0) is 43.2 Å². The molecule has 9 heteroatoms. The van der Waals surface area contributed by atoms with Crippen molar-refractivity contribution in [3.63, 3.8) is 0 Å². The Bertz CT molecular complexity index is 1120. The number of nitrogens with zero attached hydrogens (tertiary/aromatic N) is 2. The van der Waals surface area contributed by atoms with E-state index in [4.69, 9.17) is 9.47 Å². The van der Waals surface area contributed by atoms with Gasteiger partial charge in [0.05, 0.1) is 24.7 Å². The highest BCUT2D eigenvalue weighted by atomic mass is 19.4. The average molecular weight is 445 g/mol. The summed E-state index contributed by atoms with van der Waals surface area (Å²) in [5, 5.41) is 2.80. The van der Waals surface area contributed by atoms with E-state index in [1.165, 1.54) is 29.2 Å². The van der Waals surface area contributed by atoms with Gasteiger partial charge in [0.15, 0.2) is 5.79 Å². The molecule has 2 aromatic carbocycles. The normalized spacial score (nSPS) is 18.0. The Kier molecular flexibility index (Phi) is 5.79. The van der Waals surface area contributed by atoms with Crippen molar-refractivity contribution < 1.29 is 27.4 Å². The summed E-state index contributed by atoms with van der Waals surface area (Å²) in [5.41, 5.74) is 0.499. The number of carbonyl (C=O) groups excluding carboxylic acids is 1. The smallest absolute Gasteiger partial charge is 0.348 e. The van der Waals surface area contributed by atoms with Crippen molar-refractivity contribution in [1.82, 2.24) is 14.9 Å². The van der Waals surface area contributed by atoms with Gasteiger partial charge in [-0.1, -0.05) is 30.3 Å². The van der Waals surface area contributed by atoms with Crippen LogP contribution in [0.25, 0.3) is 16.8 Å². The van der Waals surface area contributed by atoms with E-state index in [1.54, 1.807) is 44.2 Å². The van der Waals surface area contributed by atoms with E-state index in [1.807, 2.05) is 0 Å². The predicted molar refractivity (Wildman–Crippen MR) is 111 cm³/mol. The molecule has 0 spiro atoms. The van der Waals surface area contributed by atoms with Crippen LogP contribution in [0.15, 0.2) is 61.1 Å². The molecular weight excluding hydrogens is 423 g/mol. The second kappa shape index (κ2) is 8.40. The summed E-state index contributed by atoms with van der Waals surface area (Å²) in [7, 11) is 0. The number of rotatable bonds is 5. The summed E-state index contributed by atoms with van der Waals surface area (Å²) < 4.78 is 53.1. The largest absolute Gasteiger partial charge is 0.417 e. The van der Waals surface area contributed by atoms with Crippen LogP contribution in [0.4, 0.5) is 13.2 Å². The number of carbonyl (C=O) groups is 1. The van der Waals surface area contributed by atoms with Gasteiger partial charge in [0.1, 0.15) is 11.8 Å². The lowest BCUT2D eigenvalue weighted by Crippen LogP contribution is -2.35. The third kappa shape index (κ3) is 4.68. The quantitative estimate of drug-likeness (QED) is 0.631. The molecule has 0 aliphatic carbocycles. The van der Waals surface area contributed by atoms with Crippen LogP contribution >= 0.6 is 0 Å². The summed E-state index contributed by atoms with van der Waals surface area (Å²) in [4.78, 5) is 16.8. The molecule has 1 unspecified atom stereocenters. The van der Waals surface area contributed by atoms with E-state index in [9.17, 15) is 18.0 Å². The Hall–Kier alpha value is -3.17. The molecule has 1 fully saturated rings. The number of benzene rings is 2. The molecule has 1 aliphatic heterocycles. The van der Waals surface area contributed by atoms with Gasteiger partial charge >= 0.3 is 6.18 Å². The summed E-state index contributed by atoms with van der Waals surface area (Å²) in [6.07, 6.45) is -1.90. The number of hydrogen-bond acceptors (Lipinski definition) is 4. The number of ether oxygens (including phenoxy) is 2. The van der Waals surface area contributed by atoms with E-state index >= 15 is 0 Å². The van der Waals surface area contributed by atoms with Crippen molar-refractivity contribution >= 4 is 5.91 Å². The van der Waals surface area contributed by atoms with Gasteiger partial charge in [-0.25, -0.2) is 4.98 Å². The Morgan fingerprint density at radius 3 is 2.72 bits per heavy atom. The Morgan fingerprint density at radius 1 is 1.22 bits per heavy atom. The molecule has 1 saturated heterocycles. The molecule has 0 saturated carbocycles. The number of amides is 1. The molecule has 1 amide bonds. The van der Waals surface area contributed by atoms with Crippen LogP contribution in [-0.2, 0) is 15.7 Å². The molecule has 2 heterocycles. The van der Waals surface area contributed by atoms with Crippen molar-refractivity contribution in [2.24, 2.45) is 0 Å². The summed E-state index contributed by atoms with van der Waals surface area (Å²) in [6.45, 7) is 4.22. The molecule has 1 aromatic heterocycles. The Balaban J connectivity index is 1.57. The summed E-state index contributed by atoms with van der Waals surface area (Å²) in [6, 6.07) is 11.9. The van der Waals surface area contributed by atoms with E-state index in [0.29, 0.717) is 17.9 Å². The minimum Gasteiger partial charge on any atom is -0.348 e. The van der Waals surface area contributed by atoms with Gasteiger partial charge in [0, 0.05) is 12.2 Å². The van der Waals surface area contributed by atoms with Gasteiger partial charge in [-0.3, -0.25) is 9.36 Å². The zero-order chi connectivity index (χ0) is 22.9. The summed E-state index contributed by atoms with van der Waals surface area (Å²) >= 11 is 0. The lowest BCUT2D eigenvalue weighted by Gasteiger charge is -2.17. The van der Waals surface area contributed by atoms with Gasteiger partial charge in [-0.15, -0.1) is 0 Å². The van der Waals surface area contributed by atoms with Gasteiger partial charge in [-0.2, -0.15) is 13.2 Å². The Morgan fingerprint density at radius 2 is 2.00 bits per heavy atom. The van der Waals surface area contributed by atoms with E-state index < -0.39 is 17.5 Å². The highest BCUT2D eigenvalue weighted by molar-refractivity contribution is 5.93. The SMILES string of the molecule is CC1(C)OCC(CNC(=O)c2cncn2-c2cccc(-c3ccccc3C(F)(F)F)c2)O1. The Labute approximate surface area is 183 Å². The van der Waals surface area contributed by atoms with Gasteiger partial charge < -0.3 is 14.8 Å². The average Bonchev–Trinajstić information content (AvgIpc) is 3.38. The zero-order valence-corrected chi connectivity index (χ0v) is 17.5. The fraction of sp³-hybridized carbons (Fsp3) is 0.304. The third-order valence-electron chi connectivity index (χ3n) is 5.10. The third-order valence-corrected chi connectivity index (χ3v) is 5.10. The number of nitrogens with one attached hydrogen (secondary N) is 1. The molecule has 6 nitrogen and oxygen atoms in total. The molecule has 1 atom stereocenters. The van der Waals surface area contributed by atoms with Crippen LogP contribution in [0.5, 0.6) is 0 Å². The van der Waals surface area contributed by atoms with Crippen LogP contribution < -0.4 is 5.32 Å². The highest BCUT2D eigenvalue weighted by Gasteiger charge is 2.34. The molecule has 4 rings (SSSR count). The first kappa shape index (κ1) is 22.0. The molecular formula is C23H22F3N3O3. The molecule has 1 N–H and O–H groups in total. The number of halogens is 3. The van der Waals surface area contributed by atoms with Crippen molar-refractivity contribution in [1.29, 1.82) is 0 Å². The second-order valence-electron chi connectivity index (χ2n) is 7.90. The van der Waals surface area contributed by atoms with Crippen molar-refractivity contribution in [3.05, 3.63) is 72.3 Å². The monoisotopic (exact) mass is 445 g/mol. The highest BCUT2D eigenvalue weighted by Crippen LogP contribution is 2.37. The van der Waals surface area contributed by atoms with E-state index in [-0.39, 0.29) is 29.8 Å². The van der Waals surface area contributed by atoms with Gasteiger partial charge in [0.25, 0.3) is 5.91 Å². The second-order valence-corrected chi connectivity index (χ2v) is 7.90. The van der Waals surface area contributed by atoms with Crippen molar-refractivity contribution in [2.75, 3.05) is 13.2 Å². The number of alkyl halides is 3. The minimum atomic E-state index is -4.48. The molecule has 168 valence electrons. The molecule has 3 aromatic rings. The summed E-state index contributed by atoms with van der Waals surface area (Å²) in [5.74, 6) is -1.07. The number of aromatic nitrogens is 2. The fourth-order valence-corrected chi connectivity index (χ4v) is 3.63. The van der Waals surface area contributed by atoms with Crippen LogP contribution in [-0.4, -0.2) is 40.5 Å². The van der Waals surface area contributed by atoms with Crippen LogP contribution in [0.2, 0.25) is 0 Å². The standard InChI is InChI=1S/C23H22F3N3O3/c1-22(2)31-13-17(32-22)11-28-21(30)20-12-27-14-29(20)16-7-5-6-15(10-16)18-8-3-4-9-19(18)23(24,25)26/h3-10,12,14,17H,11,13H2,1-2H3,(H,28,30). The maximum absolute atomic E-state index is 13.5. The van der Waals surface area contributed by atoms with Crippen LogP contribution in [0.3, 0.4) is 0 Å². The van der Waals surface area contributed by atoms with Crippen molar-refractivity contribution in [2.45, 2.75) is 31.9 Å². The van der Waals surface area contributed by atoms with E-state index in [0.717, 1.165) is 6.07 Å². The first-order valence-electron chi connectivity index (χ1n) is 10.0. The fourth-order valence-electron chi connectivity index (χ4n) is 3.63. The van der Waals surface area contributed by atoms with Crippen LogP contribution in [0, 0.1) is 0 Å². The van der Waals surface area contributed by atoms with Gasteiger partial charge in [0.2, 0.25) is 0 Å². The molecule has 0 bridgehead atoms. The minimum absolute atomic E-state index is 0.0639. The maximum Gasteiger partial charge on any atom is 0.417 e. The zero-order valence-electron chi connectivity index (χ0n) is 17.5. The lowest BCUT2D eigenvalue weighted by atomic mass is 9.99. The lowest BCUT2D eigenvalue weighted by molar-refractivity contribution is -0.138. The predicted octanol–water partition coefficient (Wildman–Crippen LogP) is 4.44. The number of hydrogen-bond donors (Lipinski definition) is 1. The number of imidazole rings is 1. The maximum atomic E-state index is 13.5. The molecule has 0 radical (unpaired) electrons. The van der Waals surface area contributed by atoms with Crippen molar-refractivity contribution in [3.8, 4) is 16.8 Å². The van der Waals surface area contributed by atoms with Crippen LogP contribution in [0.1, 0.15) is 29.9 Å². The molecule has 1 aliphatic rings. The van der Waals surface area contributed by atoms with E-state index in [2.05, 4.69) is 10.3 Å². The topological polar surface area (TPSA) is 65.4 Å².